The molecule has 2 aromatic carbocycles. The standard InChI is InChI=1S/C20H20N2O2/c1-2-13-24-16-11-7-14(8-12-16)19-21-18-6-4-3-5-17(18)20(23)22(19)15-9-10-15/h2-8,11-12,15,19,21H,1,9-10,13H2/t19-/m0/s1. The van der Waals surface area contributed by atoms with Crippen molar-refractivity contribution in [1.29, 1.82) is 0 Å². The lowest BCUT2D eigenvalue weighted by atomic mass is 10.0. The van der Waals surface area contributed by atoms with Crippen LogP contribution < -0.4 is 10.1 Å². The van der Waals surface area contributed by atoms with Crippen LogP contribution in [0.5, 0.6) is 5.75 Å². The maximum absolute atomic E-state index is 12.9. The first-order valence-electron chi connectivity index (χ1n) is 8.30. The van der Waals surface area contributed by atoms with Gasteiger partial charge in [0.2, 0.25) is 0 Å². The normalized spacial score (nSPS) is 19.4. The average Bonchev–Trinajstić information content (AvgIpc) is 3.45. The van der Waals surface area contributed by atoms with Crippen molar-refractivity contribution in [2.75, 3.05) is 11.9 Å². The number of benzene rings is 2. The van der Waals surface area contributed by atoms with Gasteiger partial charge in [-0.3, -0.25) is 4.79 Å². The largest absolute Gasteiger partial charge is 0.490 e. The molecule has 24 heavy (non-hydrogen) atoms. The van der Waals surface area contributed by atoms with Gasteiger partial charge in [0.1, 0.15) is 18.5 Å². The van der Waals surface area contributed by atoms with Gasteiger partial charge in [-0.2, -0.15) is 0 Å². The summed E-state index contributed by atoms with van der Waals surface area (Å²) in [5, 5.41) is 3.53. The highest BCUT2D eigenvalue weighted by atomic mass is 16.5. The number of hydrogen-bond donors (Lipinski definition) is 1. The molecule has 0 radical (unpaired) electrons. The predicted octanol–water partition coefficient (Wildman–Crippen LogP) is 3.98. The molecule has 1 fully saturated rings. The molecule has 0 aromatic heterocycles. The number of ether oxygens (including phenoxy) is 1. The van der Waals surface area contributed by atoms with Crippen LogP contribution >= 0.6 is 0 Å². The number of para-hydroxylation sites is 1. The number of carbonyl (C=O) groups is 1. The minimum atomic E-state index is -0.131. The van der Waals surface area contributed by atoms with Crippen LogP contribution in [0.4, 0.5) is 5.69 Å². The van der Waals surface area contributed by atoms with Crippen LogP contribution in [0, 0.1) is 0 Å². The Hall–Kier alpha value is -2.75. The molecule has 122 valence electrons. The lowest BCUT2D eigenvalue weighted by molar-refractivity contribution is 0.0666. The highest BCUT2D eigenvalue weighted by Gasteiger charge is 2.41. The van der Waals surface area contributed by atoms with Gasteiger partial charge in [-0.1, -0.05) is 36.9 Å². The first kappa shape index (κ1) is 14.8. The second kappa shape index (κ2) is 6.04. The molecule has 2 aromatic rings. The maximum Gasteiger partial charge on any atom is 0.258 e. The van der Waals surface area contributed by atoms with E-state index in [1.807, 2.05) is 53.4 Å². The van der Waals surface area contributed by atoms with E-state index in [9.17, 15) is 4.79 Å². The van der Waals surface area contributed by atoms with Gasteiger partial charge in [-0.05, 0) is 42.7 Å². The number of anilines is 1. The zero-order chi connectivity index (χ0) is 16.5. The topological polar surface area (TPSA) is 41.6 Å². The fourth-order valence-corrected chi connectivity index (χ4v) is 3.14. The van der Waals surface area contributed by atoms with Gasteiger partial charge in [0.05, 0.1) is 5.56 Å². The Kier molecular flexibility index (Phi) is 3.73. The molecule has 2 aliphatic rings. The van der Waals surface area contributed by atoms with Gasteiger partial charge in [-0.15, -0.1) is 0 Å². The van der Waals surface area contributed by atoms with Crippen LogP contribution in [-0.4, -0.2) is 23.5 Å². The van der Waals surface area contributed by atoms with Gasteiger partial charge in [-0.25, -0.2) is 0 Å². The summed E-state index contributed by atoms with van der Waals surface area (Å²) < 4.78 is 5.54. The van der Waals surface area contributed by atoms with Crippen molar-refractivity contribution in [3.05, 3.63) is 72.3 Å². The van der Waals surface area contributed by atoms with Gasteiger partial charge in [0.15, 0.2) is 0 Å². The number of hydrogen-bond acceptors (Lipinski definition) is 3. The summed E-state index contributed by atoms with van der Waals surface area (Å²) in [6, 6.07) is 16.0. The lowest BCUT2D eigenvalue weighted by Gasteiger charge is -2.38. The maximum atomic E-state index is 12.9. The monoisotopic (exact) mass is 320 g/mol. The fourth-order valence-electron chi connectivity index (χ4n) is 3.14. The van der Waals surface area contributed by atoms with Crippen molar-refractivity contribution in [2.24, 2.45) is 0 Å². The van der Waals surface area contributed by atoms with E-state index in [-0.39, 0.29) is 12.1 Å². The van der Waals surface area contributed by atoms with Crippen LogP contribution in [0.1, 0.15) is 34.9 Å². The van der Waals surface area contributed by atoms with Gasteiger partial charge >= 0.3 is 0 Å². The van der Waals surface area contributed by atoms with E-state index in [1.165, 1.54) is 0 Å². The lowest BCUT2D eigenvalue weighted by Crippen LogP contribution is -2.44. The van der Waals surface area contributed by atoms with Gasteiger partial charge in [0, 0.05) is 11.7 Å². The first-order valence-corrected chi connectivity index (χ1v) is 8.30. The number of fused-ring (bicyclic) bond motifs is 1. The average molecular weight is 320 g/mol. The van der Waals surface area contributed by atoms with Crippen LogP contribution in [0.3, 0.4) is 0 Å². The van der Waals surface area contributed by atoms with E-state index in [0.29, 0.717) is 12.6 Å². The third-order valence-electron chi connectivity index (χ3n) is 4.47. The third-order valence-corrected chi connectivity index (χ3v) is 4.47. The summed E-state index contributed by atoms with van der Waals surface area (Å²) in [7, 11) is 0. The van der Waals surface area contributed by atoms with E-state index in [0.717, 1.165) is 35.4 Å². The van der Waals surface area contributed by atoms with Crippen molar-refractivity contribution in [1.82, 2.24) is 4.90 Å². The number of amides is 1. The Balaban J connectivity index is 1.65. The molecular weight excluding hydrogens is 300 g/mol. The second-order valence-corrected chi connectivity index (χ2v) is 6.20. The molecule has 1 atom stereocenters. The summed E-state index contributed by atoms with van der Waals surface area (Å²) in [5.74, 6) is 0.919. The number of rotatable bonds is 5. The van der Waals surface area contributed by atoms with E-state index in [4.69, 9.17) is 4.74 Å². The molecule has 4 nitrogen and oxygen atoms in total. The second-order valence-electron chi connectivity index (χ2n) is 6.20. The minimum Gasteiger partial charge on any atom is -0.490 e. The number of nitrogens with zero attached hydrogens (tertiary/aromatic N) is 1. The number of nitrogens with one attached hydrogen (secondary N) is 1. The van der Waals surface area contributed by atoms with E-state index in [1.54, 1.807) is 6.08 Å². The van der Waals surface area contributed by atoms with E-state index >= 15 is 0 Å². The van der Waals surface area contributed by atoms with Crippen molar-refractivity contribution >= 4 is 11.6 Å². The molecule has 0 bridgehead atoms. The molecule has 1 aliphatic heterocycles. The molecule has 1 N–H and O–H groups in total. The van der Waals surface area contributed by atoms with E-state index in [2.05, 4.69) is 11.9 Å². The molecule has 1 amide bonds. The first-order chi connectivity index (χ1) is 11.8. The molecular formula is C20H20N2O2. The van der Waals surface area contributed by atoms with Crippen LogP contribution in [-0.2, 0) is 0 Å². The van der Waals surface area contributed by atoms with Crippen molar-refractivity contribution < 1.29 is 9.53 Å². The highest BCUT2D eigenvalue weighted by Crippen LogP contribution is 2.40. The van der Waals surface area contributed by atoms with Crippen LogP contribution in [0.25, 0.3) is 0 Å². The summed E-state index contributed by atoms with van der Waals surface area (Å²) in [6.45, 7) is 4.14. The molecule has 1 saturated carbocycles. The summed E-state index contributed by atoms with van der Waals surface area (Å²) in [4.78, 5) is 14.9. The predicted molar refractivity (Wildman–Crippen MR) is 94.1 cm³/mol. The fraction of sp³-hybridized carbons (Fsp3) is 0.250. The van der Waals surface area contributed by atoms with Gasteiger partial charge in [0.25, 0.3) is 5.91 Å². The summed E-state index contributed by atoms with van der Waals surface area (Å²) in [6.07, 6.45) is 3.74. The number of carbonyl (C=O) groups excluding carboxylic acids is 1. The Morgan fingerprint density at radius 3 is 2.62 bits per heavy atom. The molecule has 4 rings (SSSR count). The Labute approximate surface area is 141 Å². The Bertz CT molecular complexity index is 765. The minimum absolute atomic E-state index is 0.115. The smallest absolute Gasteiger partial charge is 0.258 e. The molecule has 0 spiro atoms. The van der Waals surface area contributed by atoms with Crippen LogP contribution in [0.2, 0.25) is 0 Å². The van der Waals surface area contributed by atoms with Crippen molar-refractivity contribution in [2.45, 2.75) is 25.0 Å². The van der Waals surface area contributed by atoms with E-state index < -0.39 is 0 Å². The van der Waals surface area contributed by atoms with Gasteiger partial charge < -0.3 is 15.0 Å². The summed E-state index contributed by atoms with van der Waals surface area (Å²) >= 11 is 0. The quantitative estimate of drug-likeness (QED) is 0.847. The molecule has 4 heteroatoms. The Morgan fingerprint density at radius 1 is 1.17 bits per heavy atom. The Morgan fingerprint density at radius 2 is 1.92 bits per heavy atom. The molecule has 0 saturated heterocycles. The summed E-state index contributed by atoms with van der Waals surface area (Å²) in [5.41, 5.74) is 2.72. The molecule has 1 aliphatic carbocycles. The third kappa shape index (κ3) is 2.64. The SMILES string of the molecule is C=CCOc1ccc([C@H]2Nc3ccccc3C(=O)N2C2CC2)cc1. The zero-order valence-electron chi connectivity index (χ0n) is 13.4. The zero-order valence-corrected chi connectivity index (χ0v) is 13.4. The molecule has 0 unspecified atom stereocenters. The van der Waals surface area contributed by atoms with Crippen molar-refractivity contribution in [3.63, 3.8) is 0 Å². The highest BCUT2D eigenvalue weighted by molar-refractivity contribution is 6.02. The molecule has 1 heterocycles. The van der Waals surface area contributed by atoms with Crippen molar-refractivity contribution in [3.8, 4) is 5.75 Å². The van der Waals surface area contributed by atoms with Crippen LogP contribution in [0.15, 0.2) is 61.2 Å².